The molecule has 1 aliphatic carbocycles. The summed E-state index contributed by atoms with van der Waals surface area (Å²) in [4.78, 5) is 21.8. The highest BCUT2D eigenvalue weighted by Gasteiger charge is 2.32. The van der Waals surface area contributed by atoms with Crippen molar-refractivity contribution in [3.63, 3.8) is 0 Å². The Kier molecular flexibility index (Phi) is 4.12. The number of benzene rings is 1. The topological polar surface area (TPSA) is 93.1 Å². The monoisotopic (exact) mass is 378 g/mol. The van der Waals surface area contributed by atoms with Crippen molar-refractivity contribution in [3.8, 4) is 0 Å². The number of carbonyl (C=O) groups excluding carboxylic acids is 1. The largest absolute Gasteiger partial charge is 0.386 e. The van der Waals surface area contributed by atoms with Crippen molar-refractivity contribution in [2.75, 3.05) is 24.2 Å². The van der Waals surface area contributed by atoms with Gasteiger partial charge in [-0.15, -0.1) is 0 Å². The molecule has 1 saturated carbocycles. The summed E-state index contributed by atoms with van der Waals surface area (Å²) in [6, 6.07) is 9.74. The molecule has 144 valence electrons. The molecule has 1 fully saturated rings. The summed E-state index contributed by atoms with van der Waals surface area (Å²) in [5.74, 6) is 1.15. The summed E-state index contributed by atoms with van der Waals surface area (Å²) in [5, 5.41) is 9.45. The first-order valence-electron chi connectivity index (χ1n) is 9.53. The number of aromatic nitrogens is 3. The van der Waals surface area contributed by atoms with Crippen molar-refractivity contribution < 1.29 is 9.53 Å². The Morgan fingerprint density at radius 2 is 2.18 bits per heavy atom. The third-order valence-corrected chi connectivity index (χ3v) is 5.26. The molecule has 1 aromatic carbocycles. The molecule has 5 rings (SSSR count). The van der Waals surface area contributed by atoms with E-state index >= 15 is 0 Å². The maximum absolute atomic E-state index is 12.8. The average Bonchev–Trinajstić information content (AvgIpc) is 3.45. The molecule has 0 unspecified atom stereocenters. The average molecular weight is 378 g/mol. The number of hydrogen-bond acceptors (Lipinski definition) is 6. The van der Waals surface area contributed by atoms with Crippen LogP contribution in [0.4, 0.5) is 22.0 Å². The second-order valence-corrected chi connectivity index (χ2v) is 7.29. The van der Waals surface area contributed by atoms with Crippen LogP contribution in [0.5, 0.6) is 0 Å². The summed E-state index contributed by atoms with van der Waals surface area (Å²) in [5.41, 5.74) is 3.97. The number of pyridine rings is 1. The number of nitrogens with zero attached hydrogens (tertiary/aromatic N) is 3. The maximum Gasteiger partial charge on any atom is 0.328 e. The van der Waals surface area contributed by atoms with E-state index in [4.69, 9.17) is 4.74 Å². The van der Waals surface area contributed by atoms with Crippen molar-refractivity contribution >= 4 is 34.4 Å². The van der Waals surface area contributed by atoms with E-state index in [0.717, 1.165) is 29.8 Å². The Morgan fingerprint density at radius 1 is 1.29 bits per heavy atom. The fourth-order valence-corrected chi connectivity index (χ4v) is 3.59. The van der Waals surface area contributed by atoms with E-state index in [9.17, 15) is 4.79 Å². The highest BCUT2D eigenvalue weighted by atomic mass is 16.5. The number of amides is 1. The fraction of sp³-hybridized carbons (Fsp3) is 0.350. The third kappa shape index (κ3) is 3.16. The van der Waals surface area contributed by atoms with Gasteiger partial charge in [-0.05, 0) is 36.5 Å². The predicted molar refractivity (Wildman–Crippen MR) is 107 cm³/mol. The van der Waals surface area contributed by atoms with Crippen LogP contribution in [0.2, 0.25) is 0 Å². The van der Waals surface area contributed by atoms with Crippen LogP contribution >= 0.6 is 0 Å². The summed E-state index contributed by atoms with van der Waals surface area (Å²) in [6.07, 6.45) is 3.81. The quantitative estimate of drug-likeness (QED) is 0.635. The molecule has 3 aromatic rings. The molecular weight excluding hydrogens is 356 g/mol. The first kappa shape index (κ1) is 17.0. The maximum atomic E-state index is 12.8. The molecule has 8 heteroatoms. The number of anilines is 3. The Balaban J connectivity index is 1.60. The Bertz CT molecular complexity index is 1040. The minimum absolute atomic E-state index is 0.00896. The van der Waals surface area contributed by atoms with E-state index in [2.05, 4.69) is 32.0 Å². The molecule has 28 heavy (non-hydrogen) atoms. The van der Waals surface area contributed by atoms with Crippen molar-refractivity contribution in [3.05, 3.63) is 42.2 Å². The third-order valence-electron chi connectivity index (χ3n) is 5.26. The Labute approximate surface area is 162 Å². The van der Waals surface area contributed by atoms with E-state index in [-0.39, 0.29) is 12.1 Å². The zero-order chi connectivity index (χ0) is 19.1. The first-order chi connectivity index (χ1) is 13.7. The van der Waals surface area contributed by atoms with Gasteiger partial charge in [-0.25, -0.2) is 19.3 Å². The van der Waals surface area contributed by atoms with Gasteiger partial charge in [-0.3, -0.25) is 0 Å². The molecule has 2 aliphatic rings. The number of carbonyl (C=O) groups is 1. The van der Waals surface area contributed by atoms with Crippen molar-refractivity contribution in [2.24, 2.45) is 5.92 Å². The van der Waals surface area contributed by atoms with Gasteiger partial charge >= 0.3 is 6.03 Å². The number of ether oxygens (including phenoxy) is 1. The van der Waals surface area contributed by atoms with Crippen LogP contribution in [-0.2, 0) is 11.3 Å². The fourth-order valence-electron chi connectivity index (χ4n) is 3.59. The number of imidazole rings is 1. The second-order valence-electron chi connectivity index (χ2n) is 7.29. The molecule has 1 aliphatic heterocycles. The van der Waals surface area contributed by atoms with Gasteiger partial charge in [-0.2, -0.15) is 0 Å². The van der Waals surface area contributed by atoms with Gasteiger partial charge < -0.3 is 20.7 Å². The SMILES string of the molecule is CNc1cc2nc3c1ncn3C(=O)NC[C@H](C1CC1)OCc1cccc(c1)N2. The molecule has 0 radical (unpaired) electrons. The normalized spacial score (nSPS) is 19.8. The van der Waals surface area contributed by atoms with Crippen LogP contribution in [-0.4, -0.2) is 40.3 Å². The van der Waals surface area contributed by atoms with Crippen LogP contribution in [0.25, 0.3) is 11.2 Å². The standard InChI is InChI=1S/C20H22N6O2/c1-21-15-8-17-24-14-4-2-3-12(7-14)10-28-16(13-5-6-13)9-22-20(27)26-11-23-18(15)19(26)25-17/h2-4,7-8,11,13,16H,5-6,9-10H2,1H3,(H,22,27)(H2,21,24,25)/t16-/m1/s1. The van der Waals surface area contributed by atoms with Crippen LogP contribution < -0.4 is 16.0 Å². The van der Waals surface area contributed by atoms with Crippen molar-refractivity contribution in [1.29, 1.82) is 0 Å². The highest BCUT2D eigenvalue weighted by molar-refractivity contribution is 5.94. The van der Waals surface area contributed by atoms with Gasteiger partial charge in [0, 0.05) is 25.3 Å². The van der Waals surface area contributed by atoms with Gasteiger partial charge in [0.1, 0.15) is 17.7 Å². The van der Waals surface area contributed by atoms with Gasteiger partial charge in [0.15, 0.2) is 5.65 Å². The van der Waals surface area contributed by atoms with Crippen LogP contribution in [0, 0.1) is 5.92 Å². The summed E-state index contributed by atoms with van der Waals surface area (Å²) in [7, 11) is 1.83. The lowest BCUT2D eigenvalue weighted by Crippen LogP contribution is -2.37. The molecule has 2 aromatic heterocycles. The van der Waals surface area contributed by atoms with Crippen molar-refractivity contribution in [1.82, 2.24) is 19.9 Å². The van der Waals surface area contributed by atoms with Gasteiger partial charge in [-0.1, -0.05) is 12.1 Å². The minimum Gasteiger partial charge on any atom is -0.386 e. The lowest BCUT2D eigenvalue weighted by atomic mass is 10.2. The summed E-state index contributed by atoms with van der Waals surface area (Å²) >= 11 is 0. The van der Waals surface area contributed by atoms with Crippen LogP contribution in [0.15, 0.2) is 36.7 Å². The number of nitrogens with one attached hydrogen (secondary N) is 3. The van der Waals surface area contributed by atoms with Gasteiger partial charge in [0.25, 0.3) is 0 Å². The first-order valence-corrected chi connectivity index (χ1v) is 9.53. The van der Waals surface area contributed by atoms with E-state index in [1.165, 1.54) is 10.9 Å². The number of fused-ring (bicyclic) bond motifs is 3. The number of rotatable bonds is 2. The molecule has 4 bridgehead atoms. The number of hydrogen-bond donors (Lipinski definition) is 3. The van der Waals surface area contributed by atoms with Crippen molar-refractivity contribution in [2.45, 2.75) is 25.6 Å². The van der Waals surface area contributed by atoms with E-state index in [1.54, 1.807) is 0 Å². The molecular formula is C20H22N6O2. The Morgan fingerprint density at radius 3 is 3.00 bits per heavy atom. The second kappa shape index (κ2) is 6.79. The van der Waals surface area contributed by atoms with Gasteiger partial charge in [0.2, 0.25) is 0 Å². The molecule has 1 atom stereocenters. The summed E-state index contributed by atoms with van der Waals surface area (Å²) in [6.45, 7) is 0.983. The zero-order valence-corrected chi connectivity index (χ0v) is 15.6. The van der Waals surface area contributed by atoms with E-state index in [0.29, 0.717) is 36.1 Å². The Hall–Kier alpha value is -3.13. The smallest absolute Gasteiger partial charge is 0.328 e. The van der Waals surface area contributed by atoms with E-state index in [1.807, 2.05) is 31.3 Å². The molecule has 1 amide bonds. The predicted octanol–water partition coefficient (Wildman–Crippen LogP) is 3.08. The molecule has 0 spiro atoms. The van der Waals surface area contributed by atoms with E-state index < -0.39 is 0 Å². The van der Waals surface area contributed by atoms with Crippen LogP contribution in [0.1, 0.15) is 18.4 Å². The zero-order valence-electron chi connectivity index (χ0n) is 15.6. The lowest BCUT2D eigenvalue weighted by molar-refractivity contribution is 0.0280. The molecule has 8 nitrogen and oxygen atoms in total. The summed E-state index contributed by atoms with van der Waals surface area (Å²) < 4.78 is 7.60. The lowest BCUT2D eigenvalue weighted by Gasteiger charge is -2.19. The van der Waals surface area contributed by atoms with Crippen LogP contribution in [0.3, 0.4) is 0 Å². The highest BCUT2D eigenvalue weighted by Crippen LogP contribution is 2.35. The molecule has 0 saturated heterocycles. The van der Waals surface area contributed by atoms with Gasteiger partial charge in [0.05, 0.1) is 18.4 Å². The molecule has 3 N–H and O–H groups in total. The minimum atomic E-state index is -0.251. The molecule has 3 heterocycles.